The first-order chi connectivity index (χ1) is 14.2. The van der Waals surface area contributed by atoms with E-state index in [1.807, 2.05) is 30.3 Å². The molecule has 0 aliphatic carbocycles. The van der Waals surface area contributed by atoms with Gasteiger partial charge in [0.25, 0.3) is 0 Å². The van der Waals surface area contributed by atoms with E-state index in [0.717, 1.165) is 4.46 Å². The summed E-state index contributed by atoms with van der Waals surface area (Å²) in [4.78, 5) is 37.8. The summed E-state index contributed by atoms with van der Waals surface area (Å²) < 4.78 is 22.0. The first-order valence-corrected chi connectivity index (χ1v) is 10.8. The van der Waals surface area contributed by atoms with Crippen LogP contribution in [0.1, 0.15) is 27.7 Å². The van der Waals surface area contributed by atoms with Crippen molar-refractivity contribution in [2.24, 2.45) is 5.11 Å². The van der Waals surface area contributed by atoms with Gasteiger partial charge in [-0.25, -0.2) is 0 Å². The fourth-order valence-electron chi connectivity index (χ4n) is 3.15. The van der Waals surface area contributed by atoms with Crippen LogP contribution in [0.15, 0.2) is 35.4 Å². The third-order valence-electron chi connectivity index (χ3n) is 4.22. The Morgan fingerprint density at radius 3 is 2.23 bits per heavy atom. The van der Waals surface area contributed by atoms with Crippen molar-refractivity contribution in [1.29, 1.82) is 0 Å². The van der Waals surface area contributed by atoms with Crippen LogP contribution in [0.5, 0.6) is 0 Å². The van der Waals surface area contributed by atoms with Gasteiger partial charge in [-0.1, -0.05) is 0 Å². The second-order valence-corrected chi connectivity index (χ2v) is 9.81. The maximum absolute atomic E-state index is 11.8. The molecule has 0 aromatic heterocycles. The van der Waals surface area contributed by atoms with Crippen LogP contribution in [0.25, 0.3) is 10.4 Å². The van der Waals surface area contributed by atoms with Crippen LogP contribution in [0, 0.1) is 0 Å². The molecule has 0 bridgehead atoms. The topological polar surface area (TPSA) is 137 Å². The van der Waals surface area contributed by atoms with Gasteiger partial charge in [-0.05, 0) is 0 Å². The second kappa shape index (κ2) is 10.4. The Bertz CT molecular complexity index is 831. The number of azide groups is 1. The van der Waals surface area contributed by atoms with Crippen LogP contribution in [0.3, 0.4) is 0 Å². The summed E-state index contributed by atoms with van der Waals surface area (Å²) in [5, 5.41) is 3.85. The van der Waals surface area contributed by atoms with E-state index >= 15 is 0 Å². The molecule has 30 heavy (non-hydrogen) atoms. The Balaban J connectivity index is 2.51. The standard InChI is InChI=1S/C19H23N3O7Se/c1-11(23)26-10-15-16(27-12(2)24)17(28-13(3)25)18(21-22-20)19(4,29-15)30-14-8-6-5-7-9-14/h5-9,15-18H,10H2,1-4H3/t15-,16-,17+,18-,19-/m1/s1. The predicted octanol–water partition coefficient (Wildman–Crippen LogP) is 1.24. The summed E-state index contributed by atoms with van der Waals surface area (Å²) in [7, 11) is 0. The molecule has 1 heterocycles. The zero-order valence-corrected chi connectivity index (χ0v) is 18.7. The van der Waals surface area contributed by atoms with Gasteiger partial charge in [0, 0.05) is 0 Å². The average molecular weight is 484 g/mol. The average Bonchev–Trinajstić information content (AvgIpc) is 2.65. The molecule has 0 N–H and O–H groups in total. The zero-order valence-electron chi connectivity index (χ0n) is 17.0. The second-order valence-electron chi connectivity index (χ2n) is 6.69. The van der Waals surface area contributed by atoms with Crippen molar-refractivity contribution in [2.45, 2.75) is 56.5 Å². The SMILES string of the molecule is CC(=O)OC[C@H]1O[C@](C)([Se]c2ccccc2)[C@H](N=[N+]=[N-])[C@@H](OC(C)=O)[C@@H]1OC(C)=O. The molecular formula is C19H23N3O7Se. The van der Waals surface area contributed by atoms with Gasteiger partial charge in [0.2, 0.25) is 0 Å². The normalized spacial score (nSPS) is 28.0. The van der Waals surface area contributed by atoms with Crippen LogP contribution in [0.4, 0.5) is 0 Å². The van der Waals surface area contributed by atoms with Gasteiger partial charge in [-0.2, -0.15) is 0 Å². The van der Waals surface area contributed by atoms with Crippen LogP contribution in [0.2, 0.25) is 0 Å². The van der Waals surface area contributed by atoms with Crippen molar-refractivity contribution in [3.8, 4) is 0 Å². The Morgan fingerprint density at radius 2 is 1.70 bits per heavy atom. The third-order valence-corrected chi connectivity index (χ3v) is 6.84. The minimum absolute atomic E-state index is 0.228. The molecule has 1 aromatic carbocycles. The molecule has 11 heteroatoms. The van der Waals surface area contributed by atoms with Crippen LogP contribution >= 0.6 is 0 Å². The number of hydrogen-bond donors (Lipinski definition) is 0. The van der Waals surface area contributed by atoms with Gasteiger partial charge in [0.05, 0.1) is 0 Å². The summed E-state index contributed by atoms with van der Waals surface area (Å²) >= 11 is -0.402. The van der Waals surface area contributed by atoms with E-state index in [9.17, 15) is 19.9 Å². The van der Waals surface area contributed by atoms with Crippen LogP contribution in [-0.4, -0.2) is 68.3 Å². The number of benzene rings is 1. The van der Waals surface area contributed by atoms with E-state index in [1.54, 1.807) is 6.92 Å². The fourth-order valence-corrected chi connectivity index (χ4v) is 5.74. The van der Waals surface area contributed by atoms with E-state index in [1.165, 1.54) is 20.8 Å². The number of carbonyl (C=O) groups excluding carboxylic acids is 3. The molecule has 5 atom stereocenters. The van der Waals surface area contributed by atoms with Crippen molar-refractivity contribution >= 4 is 37.3 Å². The maximum atomic E-state index is 11.8. The van der Waals surface area contributed by atoms with Crippen molar-refractivity contribution in [3.05, 3.63) is 40.8 Å². The third kappa shape index (κ3) is 6.21. The van der Waals surface area contributed by atoms with E-state index in [4.69, 9.17) is 18.9 Å². The first kappa shape index (κ1) is 23.7. The van der Waals surface area contributed by atoms with E-state index in [0.29, 0.717) is 0 Å². The summed E-state index contributed by atoms with van der Waals surface area (Å²) in [6.07, 6.45) is -3.17. The Hall–Kier alpha value is -2.58. The molecule has 10 nitrogen and oxygen atoms in total. The molecular weight excluding hydrogens is 461 g/mol. The zero-order chi connectivity index (χ0) is 22.3. The molecule has 0 spiro atoms. The number of hydrogen-bond acceptors (Lipinski definition) is 8. The van der Waals surface area contributed by atoms with Gasteiger partial charge in [0.15, 0.2) is 0 Å². The van der Waals surface area contributed by atoms with Gasteiger partial charge in [0.1, 0.15) is 0 Å². The Labute approximate surface area is 180 Å². The van der Waals surface area contributed by atoms with Gasteiger partial charge >= 0.3 is 180 Å². The fraction of sp³-hybridized carbons (Fsp3) is 0.526. The molecule has 0 radical (unpaired) electrons. The summed E-state index contributed by atoms with van der Waals surface area (Å²) in [5.41, 5.74) is 9.17. The number of esters is 3. The molecule has 2 rings (SSSR count). The number of rotatable bonds is 7. The van der Waals surface area contributed by atoms with E-state index in [2.05, 4.69) is 10.0 Å². The first-order valence-electron chi connectivity index (χ1n) is 9.10. The molecule has 0 saturated carbocycles. The van der Waals surface area contributed by atoms with E-state index < -0.39 is 61.7 Å². The molecule has 1 fully saturated rings. The molecule has 1 saturated heterocycles. The molecule has 0 unspecified atom stereocenters. The molecule has 1 aliphatic rings. The van der Waals surface area contributed by atoms with Crippen molar-refractivity contribution < 1.29 is 33.3 Å². The van der Waals surface area contributed by atoms with Gasteiger partial charge in [-0.15, -0.1) is 0 Å². The number of carbonyl (C=O) groups is 3. The predicted molar refractivity (Wildman–Crippen MR) is 106 cm³/mol. The monoisotopic (exact) mass is 485 g/mol. The number of nitrogens with zero attached hydrogens (tertiary/aromatic N) is 3. The Morgan fingerprint density at radius 1 is 1.10 bits per heavy atom. The minimum atomic E-state index is -1.12. The summed E-state index contributed by atoms with van der Waals surface area (Å²) in [5.74, 6) is -1.83. The summed E-state index contributed by atoms with van der Waals surface area (Å²) in [6.45, 7) is 5.14. The quantitative estimate of drug-likeness (QED) is 0.142. The molecule has 1 aliphatic heterocycles. The van der Waals surface area contributed by atoms with Crippen molar-refractivity contribution in [2.75, 3.05) is 6.61 Å². The molecule has 0 amide bonds. The van der Waals surface area contributed by atoms with Crippen LogP contribution < -0.4 is 4.46 Å². The van der Waals surface area contributed by atoms with Gasteiger partial charge < -0.3 is 0 Å². The van der Waals surface area contributed by atoms with Crippen molar-refractivity contribution in [1.82, 2.24) is 0 Å². The van der Waals surface area contributed by atoms with Crippen molar-refractivity contribution in [3.63, 3.8) is 0 Å². The van der Waals surface area contributed by atoms with E-state index in [-0.39, 0.29) is 6.61 Å². The molecule has 1 aromatic rings. The number of ether oxygens (including phenoxy) is 4. The van der Waals surface area contributed by atoms with Gasteiger partial charge in [-0.3, -0.25) is 0 Å². The molecule has 162 valence electrons. The van der Waals surface area contributed by atoms with Crippen LogP contribution in [-0.2, 0) is 33.3 Å². The summed E-state index contributed by atoms with van der Waals surface area (Å²) in [6, 6.07) is 8.44. The Kier molecular flexibility index (Phi) is 8.25.